The van der Waals surface area contributed by atoms with Gasteiger partial charge in [-0.1, -0.05) is 13.3 Å². The number of carbonyl (C=O) groups excluding carboxylic acids is 1. The molecule has 0 fully saturated rings. The van der Waals surface area contributed by atoms with Crippen LogP contribution < -0.4 is 0 Å². The van der Waals surface area contributed by atoms with Gasteiger partial charge in [0, 0.05) is 0 Å². The van der Waals surface area contributed by atoms with Crippen molar-refractivity contribution in [2.24, 2.45) is 4.99 Å². The zero-order valence-corrected chi connectivity index (χ0v) is 5.05. The zero-order valence-electron chi connectivity index (χ0n) is 5.05. The minimum Gasteiger partial charge on any atom is -0.211 e. The molecule has 0 amide bonds. The van der Waals surface area contributed by atoms with Gasteiger partial charge in [-0.2, -0.15) is 0 Å². The lowest BCUT2D eigenvalue weighted by molar-refractivity contribution is 0.563. The van der Waals surface area contributed by atoms with Crippen molar-refractivity contribution in [2.45, 2.75) is 19.8 Å². The third-order valence-corrected chi connectivity index (χ3v) is 0.778. The van der Waals surface area contributed by atoms with Crippen molar-refractivity contribution in [3.8, 4) is 0 Å². The fraction of sp³-hybridized carbons (Fsp3) is 0.667. The van der Waals surface area contributed by atoms with E-state index in [4.69, 9.17) is 0 Å². The van der Waals surface area contributed by atoms with E-state index in [1.807, 2.05) is 6.42 Å². The van der Waals surface area contributed by atoms with Gasteiger partial charge in [0.2, 0.25) is 6.08 Å². The molecule has 0 saturated heterocycles. The summed E-state index contributed by atoms with van der Waals surface area (Å²) in [6.07, 6.45) is 5.59. The molecule has 0 unspecified atom stereocenters. The summed E-state index contributed by atoms with van der Waals surface area (Å²) < 4.78 is 0. The first-order valence-corrected chi connectivity index (χ1v) is 2.77. The Hall–Kier alpha value is -0.620. The van der Waals surface area contributed by atoms with E-state index < -0.39 is 0 Å². The Balaban J connectivity index is 2.82. The van der Waals surface area contributed by atoms with Gasteiger partial charge in [-0.3, -0.25) is 0 Å². The van der Waals surface area contributed by atoms with E-state index >= 15 is 0 Å². The molecule has 0 saturated carbocycles. The van der Waals surface area contributed by atoms with Crippen LogP contribution in [0.1, 0.15) is 19.8 Å². The second-order valence-electron chi connectivity index (χ2n) is 1.51. The number of aliphatic imine (C=N–C) groups is 1. The molecule has 0 heterocycles. The van der Waals surface area contributed by atoms with E-state index in [9.17, 15) is 4.79 Å². The van der Waals surface area contributed by atoms with Crippen molar-refractivity contribution >= 4 is 6.08 Å². The number of isocyanates is 1. The average Bonchev–Trinajstić information content (AvgIpc) is 1.81. The molecule has 0 aliphatic carbocycles. The molecule has 0 aromatic heterocycles. The van der Waals surface area contributed by atoms with Gasteiger partial charge in [-0.05, 0) is 12.8 Å². The first-order chi connectivity index (χ1) is 3.91. The van der Waals surface area contributed by atoms with E-state index in [1.165, 1.54) is 6.08 Å². The molecule has 8 heavy (non-hydrogen) atoms. The van der Waals surface area contributed by atoms with Crippen LogP contribution in [0.4, 0.5) is 0 Å². The third kappa shape index (κ3) is 5.38. The van der Waals surface area contributed by atoms with Crippen molar-refractivity contribution in [1.82, 2.24) is 0 Å². The molecular weight excluding hydrogens is 102 g/mol. The van der Waals surface area contributed by atoms with Crippen molar-refractivity contribution in [1.29, 1.82) is 0 Å². The number of hydrogen-bond donors (Lipinski definition) is 0. The predicted molar refractivity (Wildman–Crippen MR) is 32.2 cm³/mol. The highest BCUT2D eigenvalue weighted by molar-refractivity contribution is 5.32. The molecular formula is C6H10NO. The first-order valence-electron chi connectivity index (χ1n) is 2.77. The Bertz CT molecular complexity index is 84.5. The second kappa shape index (κ2) is 6.38. The zero-order chi connectivity index (χ0) is 6.24. The summed E-state index contributed by atoms with van der Waals surface area (Å²) in [5.41, 5.74) is 0. The van der Waals surface area contributed by atoms with E-state index in [0.29, 0.717) is 6.54 Å². The van der Waals surface area contributed by atoms with Crippen LogP contribution in [0.2, 0.25) is 0 Å². The predicted octanol–water partition coefficient (Wildman–Crippen LogP) is 1.33. The molecule has 0 aromatic rings. The van der Waals surface area contributed by atoms with Crippen LogP contribution in [0.5, 0.6) is 0 Å². The lowest BCUT2D eigenvalue weighted by Gasteiger charge is -1.86. The highest BCUT2D eigenvalue weighted by Gasteiger charge is 1.80. The van der Waals surface area contributed by atoms with Crippen LogP contribution >= 0.6 is 0 Å². The smallest absolute Gasteiger partial charge is 0.211 e. The molecule has 0 spiro atoms. The Labute approximate surface area is 49.6 Å². The van der Waals surface area contributed by atoms with Crippen molar-refractivity contribution < 1.29 is 4.79 Å². The summed E-state index contributed by atoms with van der Waals surface area (Å²) in [5.74, 6) is 0. The molecule has 45 valence electrons. The van der Waals surface area contributed by atoms with Gasteiger partial charge in [0.05, 0.1) is 6.54 Å². The van der Waals surface area contributed by atoms with Crippen LogP contribution in [0.15, 0.2) is 4.99 Å². The molecule has 2 heteroatoms. The van der Waals surface area contributed by atoms with E-state index in [2.05, 4.69) is 11.9 Å². The van der Waals surface area contributed by atoms with Crippen LogP contribution in [0.3, 0.4) is 0 Å². The topological polar surface area (TPSA) is 29.4 Å². The molecule has 0 aliphatic rings. The van der Waals surface area contributed by atoms with Crippen molar-refractivity contribution in [3.05, 3.63) is 6.42 Å². The molecule has 0 aromatic carbocycles. The molecule has 0 bridgehead atoms. The lowest BCUT2D eigenvalue weighted by atomic mass is 10.3. The standard InChI is InChI=1S/C6H10NO/c1-2-3-4-5-7-6-8/h4H,2-3,5H2,1H3. The summed E-state index contributed by atoms with van der Waals surface area (Å²) in [7, 11) is 0. The number of rotatable bonds is 4. The highest BCUT2D eigenvalue weighted by Crippen LogP contribution is 1.90. The van der Waals surface area contributed by atoms with Gasteiger partial charge in [0.25, 0.3) is 0 Å². The van der Waals surface area contributed by atoms with Gasteiger partial charge in [-0.15, -0.1) is 0 Å². The molecule has 0 aliphatic heterocycles. The van der Waals surface area contributed by atoms with E-state index in [-0.39, 0.29) is 0 Å². The Kier molecular flexibility index (Phi) is 5.89. The molecule has 0 N–H and O–H groups in total. The molecule has 0 atom stereocenters. The molecule has 1 radical (unpaired) electrons. The van der Waals surface area contributed by atoms with Gasteiger partial charge in [-0.25, -0.2) is 9.79 Å². The van der Waals surface area contributed by atoms with Crippen molar-refractivity contribution in [3.63, 3.8) is 0 Å². The summed E-state index contributed by atoms with van der Waals surface area (Å²) >= 11 is 0. The minimum absolute atomic E-state index is 0.525. The maximum absolute atomic E-state index is 9.46. The average molecular weight is 112 g/mol. The van der Waals surface area contributed by atoms with Gasteiger partial charge < -0.3 is 0 Å². The number of nitrogens with zero attached hydrogens (tertiary/aromatic N) is 1. The molecule has 0 rings (SSSR count). The lowest BCUT2D eigenvalue weighted by Crippen LogP contribution is -1.79. The van der Waals surface area contributed by atoms with Crippen molar-refractivity contribution in [2.75, 3.05) is 6.54 Å². The Morgan fingerprint density at radius 1 is 1.75 bits per heavy atom. The van der Waals surface area contributed by atoms with Gasteiger partial charge >= 0.3 is 0 Å². The maximum Gasteiger partial charge on any atom is 0.234 e. The number of unbranched alkanes of at least 4 members (excludes halogenated alkanes) is 2. The van der Waals surface area contributed by atoms with E-state index in [0.717, 1.165) is 12.8 Å². The maximum atomic E-state index is 9.46. The SMILES string of the molecule is CCC[CH]CN=C=O. The Morgan fingerprint density at radius 2 is 2.50 bits per heavy atom. The summed E-state index contributed by atoms with van der Waals surface area (Å²) in [5, 5.41) is 0. The Morgan fingerprint density at radius 3 is 3.00 bits per heavy atom. The fourth-order valence-electron chi connectivity index (χ4n) is 0.397. The minimum atomic E-state index is 0.525. The van der Waals surface area contributed by atoms with Crippen LogP contribution in [-0.2, 0) is 4.79 Å². The largest absolute Gasteiger partial charge is 0.234 e. The van der Waals surface area contributed by atoms with E-state index in [1.54, 1.807) is 0 Å². The summed E-state index contributed by atoms with van der Waals surface area (Å²) in [6, 6.07) is 0. The van der Waals surface area contributed by atoms with Gasteiger partial charge in [0.1, 0.15) is 0 Å². The quantitative estimate of drug-likeness (QED) is 0.306. The third-order valence-electron chi connectivity index (χ3n) is 0.778. The van der Waals surface area contributed by atoms with Crippen LogP contribution in [0, 0.1) is 6.42 Å². The monoisotopic (exact) mass is 112 g/mol. The highest BCUT2D eigenvalue weighted by atomic mass is 16.1. The normalized spacial score (nSPS) is 8.12. The number of hydrogen-bond acceptors (Lipinski definition) is 2. The van der Waals surface area contributed by atoms with Gasteiger partial charge in [0.15, 0.2) is 0 Å². The summed E-state index contributed by atoms with van der Waals surface area (Å²) in [4.78, 5) is 12.8. The van der Waals surface area contributed by atoms with Crippen LogP contribution in [0.25, 0.3) is 0 Å². The summed E-state index contributed by atoms with van der Waals surface area (Å²) in [6.45, 7) is 2.61. The van der Waals surface area contributed by atoms with Crippen LogP contribution in [-0.4, -0.2) is 12.6 Å². The molecule has 2 nitrogen and oxygen atoms in total. The fourth-order valence-corrected chi connectivity index (χ4v) is 0.397. The second-order valence-corrected chi connectivity index (χ2v) is 1.51. The first kappa shape index (κ1) is 7.38.